The van der Waals surface area contributed by atoms with E-state index in [1.165, 1.54) is 30.2 Å². The van der Waals surface area contributed by atoms with Gasteiger partial charge in [0.2, 0.25) is 0 Å². The molecule has 4 nitrogen and oxygen atoms in total. The minimum atomic E-state index is -0.377. The van der Waals surface area contributed by atoms with Crippen molar-refractivity contribution in [1.82, 2.24) is 0 Å². The van der Waals surface area contributed by atoms with E-state index in [0.29, 0.717) is 17.6 Å². The summed E-state index contributed by atoms with van der Waals surface area (Å²) in [4.78, 5) is 14.6. The lowest BCUT2D eigenvalue weighted by molar-refractivity contribution is -0.931. The van der Waals surface area contributed by atoms with Gasteiger partial charge in [-0.2, -0.15) is 0 Å². The van der Waals surface area contributed by atoms with Crippen LogP contribution >= 0.6 is 11.3 Å². The fourth-order valence-corrected chi connectivity index (χ4v) is 5.31. The van der Waals surface area contributed by atoms with Crippen LogP contribution in [0.2, 0.25) is 0 Å². The summed E-state index contributed by atoms with van der Waals surface area (Å²) < 4.78 is 21.1. The average molecular weight is 469 g/mol. The van der Waals surface area contributed by atoms with Crippen molar-refractivity contribution in [3.8, 4) is 0 Å². The van der Waals surface area contributed by atoms with E-state index in [0.717, 1.165) is 22.3 Å². The van der Waals surface area contributed by atoms with Crippen LogP contribution in [0.1, 0.15) is 31.2 Å². The molecule has 0 aliphatic carbocycles. The van der Waals surface area contributed by atoms with Crippen LogP contribution in [-0.4, -0.2) is 42.9 Å². The number of ether oxygens (including phenoxy) is 1. The number of halogens is 2. The highest BCUT2D eigenvalue weighted by molar-refractivity contribution is 7.14. The Morgan fingerprint density at radius 2 is 1.86 bits per heavy atom. The second-order valence-corrected chi connectivity index (χ2v) is 9.05. The van der Waals surface area contributed by atoms with Gasteiger partial charge < -0.3 is 26.2 Å². The van der Waals surface area contributed by atoms with Crippen molar-refractivity contribution in [2.24, 2.45) is 0 Å². The highest BCUT2D eigenvalue weighted by atomic mass is 79.9. The van der Waals surface area contributed by atoms with Crippen LogP contribution in [0.15, 0.2) is 41.8 Å². The summed E-state index contributed by atoms with van der Waals surface area (Å²) in [7, 11) is 4.58. The highest BCUT2D eigenvalue weighted by Gasteiger charge is 2.50. The number of carbonyl (C=O) groups is 1. The van der Waals surface area contributed by atoms with Crippen molar-refractivity contribution in [2.45, 2.75) is 50.4 Å². The summed E-state index contributed by atoms with van der Waals surface area (Å²) in [5.74, 6) is -0.304. The molecule has 3 atom stereocenters. The zero-order chi connectivity index (χ0) is 19.0. The molecule has 7 heteroatoms. The summed E-state index contributed by atoms with van der Waals surface area (Å²) in [6, 6.07) is 11.5. The van der Waals surface area contributed by atoms with Crippen LogP contribution in [-0.2, 0) is 11.3 Å². The Morgan fingerprint density at radius 3 is 2.46 bits per heavy atom. The first-order valence-corrected chi connectivity index (χ1v) is 10.4. The second-order valence-electron chi connectivity index (χ2n) is 8.12. The number of anilines is 1. The molecule has 2 aliphatic rings. The lowest BCUT2D eigenvalue weighted by atomic mass is 9.98. The number of quaternary nitrogens is 1. The van der Waals surface area contributed by atoms with Crippen LogP contribution < -0.4 is 21.9 Å². The van der Waals surface area contributed by atoms with Gasteiger partial charge in [-0.05, 0) is 23.6 Å². The third kappa shape index (κ3) is 4.11. The third-order valence-electron chi connectivity index (χ3n) is 6.33. The van der Waals surface area contributed by atoms with Crippen LogP contribution in [0.5, 0.6) is 0 Å². The fraction of sp³-hybridized carbons (Fsp3) is 0.476. The van der Waals surface area contributed by atoms with Gasteiger partial charge in [0.1, 0.15) is 16.9 Å². The molecule has 1 amide bonds. The number of hydrogen-bond donors (Lipinski definition) is 0. The maximum absolute atomic E-state index is 14.1. The Kier molecular flexibility index (Phi) is 6.47. The van der Waals surface area contributed by atoms with Gasteiger partial charge in [-0.3, -0.25) is 4.90 Å². The monoisotopic (exact) mass is 468 g/mol. The highest BCUT2D eigenvalue weighted by Crippen LogP contribution is 2.40. The predicted molar refractivity (Wildman–Crippen MR) is 105 cm³/mol. The summed E-state index contributed by atoms with van der Waals surface area (Å²) in [6.45, 7) is 0.174. The van der Waals surface area contributed by atoms with Gasteiger partial charge in [-0.15, -0.1) is 11.3 Å². The number of amides is 1. The number of benzene rings is 1. The molecular formula is C21H26BrFN2O2S. The minimum absolute atomic E-state index is 0. The fourth-order valence-electron chi connectivity index (χ4n) is 4.59. The first-order chi connectivity index (χ1) is 12.9. The van der Waals surface area contributed by atoms with Crippen molar-refractivity contribution in [3.05, 3.63) is 53.2 Å². The number of thiophene rings is 1. The summed E-state index contributed by atoms with van der Waals surface area (Å²) >= 11 is 1.46. The molecule has 0 spiro atoms. The Bertz CT molecular complexity index is 798. The molecule has 0 saturated carbocycles. The quantitative estimate of drug-likeness (QED) is 0.640. The number of hydrogen-bond acceptors (Lipinski definition) is 3. The van der Waals surface area contributed by atoms with Gasteiger partial charge in [0.05, 0.1) is 32.7 Å². The molecule has 28 heavy (non-hydrogen) atoms. The SMILES string of the molecule is C[N+]1(C)[C@@H]2CC[C@H]1C[C@@H](OC(=O)N(Cc1ccccc1F)c1cccs1)C2.[Br-]. The van der Waals surface area contributed by atoms with Crippen molar-refractivity contribution >= 4 is 22.4 Å². The van der Waals surface area contributed by atoms with Crippen molar-refractivity contribution < 1.29 is 35.4 Å². The van der Waals surface area contributed by atoms with E-state index < -0.39 is 0 Å². The van der Waals surface area contributed by atoms with Crippen LogP contribution in [0.4, 0.5) is 14.2 Å². The molecule has 0 N–H and O–H groups in total. The van der Waals surface area contributed by atoms with E-state index >= 15 is 0 Å². The molecule has 1 aromatic heterocycles. The molecule has 0 radical (unpaired) electrons. The largest absolute Gasteiger partial charge is 1.00 e. The molecule has 152 valence electrons. The summed E-state index contributed by atoms with van der Waals surface area (Å²) in [5.41, 5.74) is 0.490. The van der Waals surface area contributed by atoms with E-state index in [-0.39, 0.29) is 41.5 Å². The minimum Gasteiger partial charge on any atom is -1.00 e. The topological polar surface area (TPSA) is 29.5 Å². The number of rotatable bonds is 4. The number of piperidine rings is 1. The van der Waals surface area contributed by atoms with Crippen LogP contribution in [0.25, 0.3) is 0 Å². The molecule has 2 fully saturated rings. The van der Waals surface area contributed by atoms with E-state index in [1.54, 1.807) is 23.1 Å². The maximum atomic E-state index is 14.1. The van der Waals surface area contributed by atoms with E-state index in [2.05, 4.69) is 14.1 Å². The van der Waals surface area contributed by atoms with E-state index in [4.69, 9.17) is 4.74 Å². The molecule has 2 aliphatic heterocycles. The standard InChI is InChI=1S/C21H26FN2O2S.BrH/c1-24(2)16-9-10-17(24)13-18(12-16)26-21(25)23(20-8-5-11-27-20)14-15-6-3-4-7-19(15)22;/h3-8,11,16-18H,9-10,12-14H2,1-2H3;1H/q+1;/p-1/t16-,17+,18+;. The van der Waals surface area contributed by atoms with E-state index in [9.17, 15) is 9.18 Å². The van der Waals surface area contributed by atoms with Crippen molar-refractivity contribution in [2.75, 3.05) is 19.0 Å². The van der Waals surface area contributed by atoms with Gasteiger partial charge in [0.15, 0.2) is 0 Å². The molecule has 0 unspecified atom stereocenters. The first kappa shape index (κ1) is 21.3. The number of nitrogens with zero attached hydrogens (tertiary/aromatic N) is 2. The zero-order valence-corrected chi connectivity index (χ0v) is 18.6. The second kappa shape index (κ2) is 8.51. The Balaban J connectivity index is 0.00000225. The summed E-state index contributed by atoms with van der Waals surface area (Å²) in [5, 5.41) is 2.69. The maximum Gasteiger partial charge on any atom is 0.415 e. The van der Waals surface area contributed by atoms with E-state index in [1.807, 2.05) is 17.5 Å². The molecule has 2 saturated heterocycles. The Hall–Kier alpha value is -1.44. The zero-order valence-electron chi connectivity index (χ0n) is 16.2. The van der Waals surface area contributed by atoms with Crippen LogP contribution in [0, 0.1) is 5.82 Å². The van der Waals surface area contributed by atoms with Gasteiger partial charge in [-0.25, -0.2) is 9.18 Å². The lowest BCUT2D eigenvalue weighted by Crippen LogP contribution is -3.00. The van der Waals surface area contributed by atoms with Gasteiger partial charge >= 0.3 is 6.09 Å². The number of carbonyl (C=O) groups excluding carboxylic acids is 1. The first-order valence-electron chi connectivity index (χ1n) is 9.53. The smallest absolute Gasteiger partial charge is 0.415 e. The molecular weight excluding hydrogens is 443 g/mol. The molecule has 2 aromatic rings. The van der Waals surface area contributed by atoms with Gasteiger partial charge in [-0.1, -0.05) is 18.2 Å². The molecule has 2 bridgehead atoms. The van der Waals surface area contributed by atoms with Crippen LogP contribution in [0.3, 0.4) is 0 Å². The third-order valence-corrected chi connectivity index (χ3v) is 7.22. The number of fused-ring (bicyclic) bond motifs is 2. The normalized spacial score (nSPS) is 25.0. The van der Waals surface area contributed by atoms with Crippen molar-refractivity contribution in [1.29, 1.82) is 0 Å². The predicted octanol–water partition coefficient (Wildman–Crippen LogP) is 1.80. The molecule has 3 heterocycles. The van der Waals surface area contributed by atoms with Crippen molar-refractivity contribution in [3.63, 3.8) is 0 Å². The lowest BCUT2D eigenvalue weighted by Gasteiger charge is -2.44. The van der Waals surface area contributed by atoms with Gasteiger partial charge in [0, 0.05) is 31.2 Å². The molecule has 4 rings (SSSR count). The Labute approximate surface area is 180 Å². The van der Waals surface area contributed by atoms with Gasteiger partial charge in [0.25, 0.3) is 0 Å². The Morgan fingerprint density at radius 1 is 1.18 bits per heavy atom. The summed E-state index contributed by atoms with van der Waals surface area (Å²) in [6.07, 6.45) is 3.80. The average Bonchev–Trinajstić information content (AvgIpc) is 3.17. The molecule has 1 aromatic carbocycles.